The number of benzene rings is 1. The molecule has 2 rings (SSSR count). The summed E-state index contributed by atoms with van der Waals surface area (Å²) < 4.78 is 13.2. The van der Waals surface area contributed by atoms with Crippen LogP contribution >= 0.6 is 27.7 Å². The van der Waals surface area contributed by atoms with Crippen molar-refractivity contribution in [3.8, 4) is 0 Å². The van der Waals surface area contributed by atoms with Gasteiger partial charge in [0.05, 0.1) is 6.10 Å². The van der Waals surface area contributed by atoms with E-state index in [2.05, 4.69) is 48.0 Å². The van der Waals surface area contributed by atoms with Crippen LogP contribution in [-0.4, -0.2) is 23.8 Å². The number of rotatable bonds is 9. The summed E-state index contributed by atoms with van der Waals surface area (Å²) >= 11 is 5.00. The predicted molar refractivity (Wildman–Crippen MR) is 112 cm³/mol. The molecule has 2 unspecified atom stereocenters. The van der Waals surface area contributed by atoms with Crippen molar-refractivity contribution in [3.05, 3.63) is 34.3 Å². The van der Waals surface area contributed by atoms with Gasteiger partial charge in [-0.1, -0.05) is 53.7 Å². The Kier molecular flexibility index (Phi) is 9.15. The first-order chi connectivity index (χ1) is 12.4. The Morgan fingerprint density at radius 2 is 2.23 bits per heavy atom. The van der Waals surface area contributed by atoms with Crippen LogP contribution in [0.3, 0.4) is 0 Å². The molecule has 0 radical (unpaired) electrons. The molecule has 1 aliphatic rings. The molecule has 5 heteroatoms. The summed E-state index contributed by atoms with van der Waals surface area (Å²) in [6.07, 6.45) is 6.34. The molecule has 2 atom stereocenters. The summed E-state index contributed by atoms with van der Waals surface area (Å²) in [5.74, 6) is 0.872. The number of thioether (sulfide) groups is 1. The second kappa shape index (κ2) is 10.8. The van der Waals surface area contributed by atoms with Gasteiger partial charge in [0.15, 0.2) is 11.4 Å². The van der Waals surface area contributed by atoms with Crippen LogP contribution in [0.2, 0.25) is 0 Å². The van der Waals surface area contributed by atoms with Crippen LogP contribution in [-0.2, 0) is 14.3 Å². The summed E-state index contributed by atoms with van der Waals surface area (Å²) in [5, 5.41) is 0.197. The Balaban J connectivity index is 1.94. The van der Waals surface area contributed by atoms with Crippen molar-refractivity contribution >= 4 is 32.8 Å². The van der Waals surface area contributed by atoms with Gasteiger partial charge >= 0.3 is 0 Å². The molecule has 146 valence electrons. The van der Waals surface area contributed by atoms with E-state index >= 15 is 0 Å². The van der Waals surface area contributed by atoms with E-state index in [-0.39, 0.29) is 22.9 Å². The molecule has 3 nitrogen and oxygen atoms in total. The van der Waals surface area contributed by atoms with Crippen molar-refractivity contribution in [2.75, 3.05) is 12.4 Å². The van der Waals surface area contributed by atoms with Gasteiger partial charge < -0.3 is 9.47 Å². The van der Waals surface area contributed by atoms with Gasteiger partial charge in [0.2, 0.25) is 0 Å². The van der Waals surface area contributed by atoms with Gasteiger partial charge in [0.1, 0.15) is 0 Å². The molecule has 1 saturated heterocycles. The zero-order chi connectivity index (χ0) is 19.0. The zero-order valence-corrected chi connectivity index (χ0v) is 18.5. The Morgan fingerprint density at radius 1 is 1.42 bits per heavy atom. The normalized spacial score (nSPS) is 19.3. The standard InChI is InChI=1S/C21H31BrO3S/c1-16(23)26-15-21(2,3)12-7-10-19(17-8-6-9-18(22)14-17)25-20-11-4-5-13-24-20/h6,8-9,14,19-20H,4-5,7,10-13,15H2,1-3H3. The maximum absolute atomic E-state index is 11.2. The van der Waals surface area contributed by atoms with E-state index in [0.29, 0.717) is 0 Å². The number of hydrogen-bond acceptors (Lipinski definition) is 4. The van der Waals surface area contributed by atoms with Crippen LogP contribution in [0.15, 0.2) is 28.7 Å². The molecule has 0 spiro atoms. The fraction of sp³-hybridized carbons (Fsp3) is 0.667. The average molecular weight is 443 g/mol. The summed E-state index contributed by atoms with van der Waals surface area (Å²) in [4.78, 5) is 11.2. The van der Waals surface area contributed by atoms with Crippen molar-refractivity contribution < 1.29 is 14.3 Å². The Bertz CT molecular complexity index is 570. The first-order valence-corrected chi connectivity index (χ1v) is 11.3. The van der Waals surface area contributed by atoms with E-state index in [4.69, 9.17) is 9.47 Å². The van der Waals surface area contributed by atoms with Gasteiger partial charge in [-0.25, -0.2) is 0 Å². The number of carbonyl (C=O) groups excluding carboxylic acids is 1. The third-order valence-corrected chi connectivity index (χ3v) is 6.49. The molecule has 0 bridgehead atoms. The number of ether oxygens (including phenoxy) is 2. The largest absolute Gasteiger partial charge is 0.353 e. The molecular weight excluding hydrogens is 412 g/mol. The lowest BCUT2D eigenvalue weighted by molar-refractivity contribution is -0.191. The molecule has 1 aliphatic heterocycles. The third-order valence-electron chi connectivity index (χ3n) is 4.66. The van der Waals surface area contributed by atoms with Crippen LogP contribution in [0.4, 0.5) is 0 Å². The average Bonchev–Trinajstić information content (AvgIpc) is 2.60. The first kappa shape index (κ1) is 21.9. The fourth-order valence-corrected chi connectivity index (χ4v) is 4.31. The zero-order valence-electron chi connectivity index (χ0n) is 16.1. The summed E-state index contributed by atoms with van der Waals surface area (Å²) in [6.45, 7) is 6.91. The minimum Gasteiger partial charge on any atom is -0.353 e. The van der Waals surface area contributed by atoms with Crippen LogP contribution < -0.4 is 0 Å². The summed E-state index contributed by atoms with van der Waals surface area (Å²) in [7, 11) is 0. The highest BCUT2D eigenvalue weighted by molar-refractivity contribution is 9.10. The predicted octanol–water partition coefficient (Wildman–Crippen LogP) is 6.51. The van der Waals surface area contributed by atoms with Crippen LogP contribution in [0.25, 0.3) is 0 Å². The lowest BCUT2D eigenvalue weighted by atomic mass is 9.88. The highest BCUT2D eigenvalue weighted by Gasteiger charge is 2.23. The molecule has 0 amide bonds. The highest BCUT2D eigenvalue weighted by Crippen LogP contribution is 2.33. The van der Waals surface area contributed by atoms with Gasteiger partial charge in [-0.15, -0.1) is 0 Å². The fourth-order valence-electron chi connectivity index (χ4n) is 3.16. The molecular formula is C21H31BrO3S. The molecule has 0 aliphatic carbocycles. The van der Waals surface area contributed by atoms with Crippen molar-refractivity contribution in [1.29, 1.82) is 0 Å². The molecule has 1 heterocycles. The first-order valence-electron chi connectivity index (χ1n) is 9.52. The van der Waals surface area contributed by atoms with Crippen molar-refractivity contribution in [2.24, 2.45) is 5.41 Å². The number of halogens is 1. The maximum atomic E-state index is 11.2. The Labute approximate surface area is 170 Å². The quantitative estimate of drug-likeness (QED) is 0.436. The maximum Gasteiger partial charge on any atom is 0.185 e. The van der Waals surface area contributed by atoms with E-state index < -0.39 is 0 Å². The lowest BCUT2D eigenvalue weighted by Crippen LogP contribution is -2.25. The van der Waals surface area contributed by atoms with Crippen LogP contribution in [0, 0.1) is 5.41 Å². The van der Waals surface area contributed by atoms with Crippen molar-refractivity contribution in [2.45, 2.75) is 71.7 Å². The van der Waals surface area contributed by atoms with E-state index in [1.165, 1.54) is 23.7 Å². The topological polar surface area (TPSA) is 35.5 Å². The van der Waals surface area contributed by atoms with E-state index in [1.54, 1.807) is 6.92 Å². The van der Waals surface area contributed by atoms with E-state index in [9.17, 15) is 4.79 Å². The van der Waals surface area contributed by atoms with Crippen molar-refractivity contribution in [3.63, 3.8) is 0 Å². The van der Waals surface area contributed by atoms with Crippen molar-refractivity contribution in [1.82, 2.24) is 0 Å². The van der Waals surface area contributed by atoms with Gasteiger partial charge in [0.25, 0.3) is 0 Å². The molecule has 0 N–H and O–H groups in total. The summed E-state index contributed by atoms with van der Waals surface area (Å²) in [6, 6.07) is 8.38. The molecule has 1 aromatic carbocycles. The monoisotopic (exact) mass is 442 g/mol. The van der Waals surface area contributed by atoms with E-state index in [1.807, 2.05) is 6.07 Å². The molecule has 26 heavy (non-hydrogen) atoms. The smallest absolute Gasteiger partial charge is 0.185 e. The van der Waals surface area contributed by atoms with Crippen LogP contribution in [0.5, 0.6) is 0 Å². The Morgan fingerprint density at radius 3 is 2.88 bits per heavy atom. The van der Waals surface area contributed by atoms with Gasteiger partial charge in [0, 0.05) is 23.8 Å². The molecule has 1 aromatic rings. The van der Waals surface area contributed by atoms with Crippen LogP contribution in [0.1, 0.15) is 71.0 Å². The minimum absolute atomic E-state index is 0.0480. The summed E-state index contributed by atoms with van der Waals surface area (Å²) in [5.41, 5.74) is 1.35. The van der Waals surface area contributed by atoms with Gasteiger partial charge in [-0.2, -0.15) is 0 Å². The molecule has 0 saturated carbocycles. The SMILES string of the molecule is CC(=O)SCC(C)(C)CCCC(OC1CCCCO1)c1cccc(Br)c1. The second-order valence-corrected chi connectivity index (χ2v) is 9.88. The van der Waals surface area contributed by atoms with Gasteiger partial charge in [-0.3, -0.25) is 4.79 Å². The van der Waals surface area contributed by atoms with E-state index in [0.717, 1.165) is 48.9 Å². The number of carbonyl (C=O) groups is 1. The number of hydrogen-bond donors (Lipinski definition) is 0. The molecule has 1 fully saturated rings. The van der Waals surface area contributed by atoms with Gasteiger partial charge in [-0.05, 0) is 61.6 Å². The lowest BCUT2D eigenvalue weighted by Gasteiger charge is -2.29. The highest BCUT2D eigenvalue weighted by atomic mass is 79.9. The Hall–Kier alpha value is -0.360. The minimum atomic E-state index is -0.0889. The third kappa shape index (κ3) is 8.12. The second-order valence-electron chi connectivity index (χ2n) is 7.81. The molecule has 0 aromatic heterocycles.